The van der Waals surface area contributed by atoms with E-state index in [4.69, 9.17) is 11.6 Å². The third-order valence-electron chi connectivity index (χ3n) is 2.55. The standard InChI is InChI=1S/C11H11ClN2O2/c12-11(16)14-7-6-13-10(15)9(14)8-4-2-1-3-5-8/h1-5,9H,6-7H2,(H,13,15). The van der Waals surface area contributed by atoms with Crippen molar-refractivity contribution >= 4 is 22.9 Å². The largest absolute Gasteiger partial charge is 0.352 e. The van der Waals surface area contributed by atoms with Crippen molar-refractivity contribution in [2.75, 3.05) is 13.1 Å². The van der Waals surface area contributed by atoms with E-state index in [1.807, 2.05) is 30.3 Å². The number of nitrogens with zero attached hydrogens (tertiary/aromatic N) is 1. The third-order valence-corrected chi connectivity index (χ3v) is 2.77. The molecule has 1 aromatic carbocycles. The van der Waals surface area contributed by atoms with Crippen molar-refractivity contribution < 1.29 is 9.59 Å². The van der Waals surface area contributed by atoms with Gasteiger partial charge in [-0.3, -0.25) is 9.59 Å². The molecular weight excluding hydrogens is 228 g/mol. The highest BCUT2D eigenvalue weighted by atomic mass is 35.5. The lowest BCUT2D eigenvalue weighted by molar-refractivity contribution is -0.127. The Hall–Kier alpha value is -1.55. The van der Waals surface area contributed by atoms with Crippen LogP contribution in [0, 0.1) is 0 Å². The highest BCUT2D eigenvalue weighted by Gasteiger charge is 2.33. The predicted molar refractivity (Wildman–Crippen MR) is 60.1 cm³/mol. The number of piperazine rings is 1. The average Bonchev–Trinajstić information content (AvgIpc) is 2.29. The van der Waals surface area contributed by atoms with Gasteiger partial charge in [0, 0.05) is 13.1 Å². The van der Waals surface area contributed by atoms with Crippen molar-refractivity contribution in [3.8, 4) is 0 Å². The molecule has 2 rings (SSSR count). The third kappa shape index (κ3) is 2.02. The number of benzene rings is 1. The average molecular weight is 239 g/mol. The maximum atomic E-state index is 11.7. The van der Waals surface area contributed by atoms with Gasteiger partial charge in [-0.1, -0.05) is 30.3 Å². The lowest BCUT2D eigenvalue weighted by atomic mass is 10.0. The summed E-state index contributed by atoms with van der Waals surface area (Å²) in [6.07, 6.45) is 0. The minimum absolute atomic E-state index is 0.188. The Morgan fingerprint density at radius 2 is 2.06 bits per heavy atom. The summed E-state index contributed by atoms with van der Waals surface area (Å²) in [6, 6.07) is 8.52. The second kappa shape index (κ2) is 4.53. The van der Waals surface area contributed by atoms with Crippen LogP contribution in [0.2, 0.25) is 0 Å². The number of hydrogen-bond acceptors (Lipinski definition) is 2. The Morgan fingerprint density at radius 1 is 1.38 bits per heavy atom. The second-order valence-electron chi connectivity index (χ2n) is 3.55. The van der Waals surface area contributed by atoms with Crippen LogP contribution in [0.3, 0.4) is 0 Å². The van der Waals surface area contributed by atoms with Gasteiger partial charge in [0.05, 0.1) is 0 Å². The van der Waals surface area contributed by atoms with Crippen LogP contribution in [0.1, 0.15) is 11.6 Å². The lowest BCUT2D eigenvalue weighted by Crippen LogP contribution is -2.50. The fourth-order valence-electron chi connectivity index (χ4n) is 1.82. The molecule has 84 valence electrons. The summed E-state index contributed by atoms with van der Waals surface area (Å²) >= 11 is 5.47. The summed E-state index contributed by atoms with van der Waals surface area (Å²) in [5.41, 5.74) is 0.772. The Morgan fingerprint density at radius 3 is 2.69 bits per heavy atom. The van der Waals surface area contributed by atoms with Gasteiger partial charge in [-0.15, -0.1) is 0 Å². The molecular formula is C11H11ClN2O2. The van der Waals surface area contributed by atoms with Crippen molar-refractivity contribution in [3.63, 3.8) is 0 Å². The summed E-state index contributed by atoms with van der Waals surface area (Å²) in [7, 11) is 0. The van der Waals surface area contributed by atoms with Crippen LogP contribution in [0.5, 0.6) is 0 Å². The maximum absolute atomic E-state index is 11.7. The first kappa shape index (κ1) is 11.0. The van der Waals surface area contributed by atoms with Gasteiger partial charge in [-0.05, 0) is 17.2 Å². The monoisotopic (exact) mass is 238 g/mol. The Balaban J connectivity index is 2.34. The van der Waals surface area contributed by atoms with Crippen molar-refractivity contribution in [3.05, 3.63) is 35.9 Å². The highest BCUT2D eigenvalue weighted by Crippen LogP contribution is 2.24. The SMILES string of the molecule is O=C1NCCN(C(=O)Cl)C1c1ccccc1. The Labute approximate surface area is 98.2 Å². The minimum atomic E-state index is -0.611. The van der Waals surface area contributed by atoms with Crippen LogP contribution in [-0.4, -0.2) is 29.3 Å². The highest BCUT2D eigenvalue weighted by molar-refractivity contribution is 6.63. The van der Waals surface area contributed by atoms with E-state index in [0.29, 0.717) is 13.1 Å². The molecule has 5 heteroatoms. The van der Waals surface area contributed by atoms with Crippen LogP contribution < -0.4 is 5.32 Å². The van der Waals surface area contributed by atoms with Gasteiger partial charge in [-0.25, -0.2) is 0 Å². The molecule has 4 nitrogen and oxygen atoms in total. The van der Waals surface area contributed by atoms with Crippen LogP contribution in [0.4, 0.5) is 4.79 Å². The van der Waals surface area contributed by atoms with E-state index in [1.165, 1.54) is 4.90 Å². The van der Waals surface area contributed by atoms with E-state index in [0.717, 1.165) is 5.56 Å². The number of carbonyl (C=O) groups is 2. The molecule has 0 aromatic heterocycles. The molecule has 0 radical (unpaired) electrons. The van der Waals surface area contributed by atoms with Crippen LogP contribution in [0.25, 0.3) is 0 Å². The molecule has 2 amide bonds. The molecule has 1 N–H and O–H groups in total. The molecule has 0 saturated carbocycles. The van der Waals surface area contributed by atoms with Crippen LogP contribution in [0.15, 0.2) is 30.3 Å². The smallest absolute Gasteiger partial charge is 0.317 e. The molecule has 1 heterocycles. The Bertz CT molecular complexity index is 408. The summed E-state index contributed by atoms with van der Waals surface area (Å²) in [6.45, 7) is 0.883. The van der Waals surface area contributed by atoms with Crippen molar-refractivity contribution in [2.24, 2.45) is 0 Å². The molecule has 1 aromatic rings. The molecule has 0 spiro atoms. The summed E-state index contributed by atoms with van der Waals surface area (Å²) in [5.74, 6) is -0.188. The van der Waals surface area contributed by atoms with Crippen LogP contribution in [-0.2, 0) is 4.79 Å². The van der Waals surface area contributed by atoms with E-state index >= 15 is 0 Å². The maximum Gasteiger partial charge on any atom is 0.317 e. The van der Waals surface area contributed by atoms with Gasteiger partial charge in [0.25, 0.3) is 0 Å². The number of hydrogen-bond donors (Lipinski definition) is 1. The molecule has 1 atom stereocenters. The van der Waals surface area contributed by atoms with Gasteiger partial charge in [0.1, 0.15) is 6.04 Å². The van der Waals surface area contributed by atoms with Crippen molar-refractivity contribution in [1.29, 1.82) is 0 Å². The van der Waals surface area contributed by atoms with E-state index in [2.05, 4.69) is 5.32 Å². The zero-order chi connectivity index (χ0) is 11.5. The predicted octanol–water partition coefficient (Wildman–Crippen LogP) is 1.52. The number of carbonyl (C=O) groups excluding carboxylic acids is 2. The van der Waals surface area contributed by atoms with E-state index < -0.39 is 11.4 Å². The van der Waals surface area contributed by atoms with E-state index in [-0.39, 0.29) is 5.91 Å². The first-order valence-corrected chi connectivity index (χ1v) is 5.36. The lowest BCUT2D eigenvalue weighted by Gasteiger charge is -2.33. The summed E-state index contributed by atoms with van der Waals surface area (Å²) in [4.78, 5) is 24.4. The molecule has 1 fully saturated rings. The zero-order valence-electron chi connectivity index (χ0n) is 8.52. The molecule has 0 bridgehead atoms. The molecule has 1 aliphatic rings. The summed E-state index contributed by atoms with van der Waals surface area (Å²) in [5, 5.41) is 2.13. The van der Waals surface area contributed by atoms with E-state index in [9.17, 15) is 9.59 Å². The first-order valence-electron chi connectivity index (χ1n) is 4.99. The zero-order valence-corrected chi connectivity index (χ0v) is 9.28. The van der Waals surface area contributed by atoms with Gasteiger partial charge >= 0.3 is 5.37 Å². The van der Waals surface area contributed by atoms with Gasteiger partial charge < -0.3 is 10.2 Å². The molecule has 0 aliphatic carbocycles. The van der Waals surface area contributed by atoms with Crippen molar-refractivity contribution in [2.45, 2.75) is 6.04 Å². The van der Waals surface area contributed by atoms with Gasteiger partial charge in [-0.2, -0.15) is 0 Å². The quantitative estimate of drug-likeness (QED) is 0.596. The van der Waals surface area contributed by atoms with Gasteiger partial charge in [0.15, 0.2) is 0 Å². The summed E-state index contributed by atoms with van der Waals surface area (Å²) < 4.78 is 0. The molecule has 1 aliphatic heterocycles. The van der Waals surface area contributed by atoms with E-state index in [1.54, 1.807) is 0 Å². The molecule has 16 heavy (non-hydrogen) atoms. The number of nitrogens with one attached hydrogen (secondary N) is 1. The first-order chi connectivity index (χ1) is 7.70. The van der Waals surface area contributed by atoms with Crippen LogP contribution >= 0.6 is 11.6 Å². The Kier molecular flexibility index (Phi) is 3.10. The fourth-order valence-corrected chi connectivity index (χ4v) is 2.01. The van der Waals surface area contributed by atoms with Crippen molar-refractivity contribution in [1.82, 2.24) is 10.2 Å². The molecule has 1 unspecified atom stereocenters. The number of rotatable bonds is 1. The van der Waals surface area contributed by atoms with Gasteiger partial charge in [0.2, 0.25) is 5.91 Å². The number of halogens is 1. The fraction of sp³-hybridized carbons (Fsp3) is 0.273. The second-order valence-corrected chi connectivity index (χ2v) is 3.87. The number of amides is 2. The topological polar surface area (TPSA) is 49.4 Å². The minimum Gasteiger partial charge on any atom is -0.352 e. The molecule has 1 saturated heterocycles. The normalized spacial score (nSPS) is 20.4.